The van der Waals surface area contributed by atoms with Gasteiger partial charge in [-0.3, -0.25) is 0 Å². The van der Waals surface area contributed by atoms with Crippen LogP contribution in [-0.2, 0) is 0 Å². The van der Waals surface area contributed by atoms with Crippen molar-refractivity contribution in [3.63, 3.8) is 0 Å². The second kappa shape index (κ2) is 3.59. The Morgan fingerprint density at radius 3 is 1.88 bits per heavy atom. The van der Waals surface area contributed by atoms with Gasteiger partial charge in [0.05, 0.1) is 0 Å². The first-order valence-electron chi connectivity index (χ1n) is 6.01. The molecule has 4 fully saturated rings. The van der Waals surface area contributed by atoms with Crippen molar-refractivity contribution in [3.05, 3.63) is 0 Å². The maximum absolute atomic E-state index is 6.27. The van der Waals surface area contributed by atoms with Crippen LogP contribution in [0, 0.1) is 22.7 Å². The highest BCUT2D eigenvalue weighted by molar-refractivity contribution is 6.67. The van der Waals surface area contributed by atoms with Crippen LogP contribution in [0.1, 0.15) is 38.5 Å². The minimum Gasteiger partial charge on any atom is -0.126 e. The van der Waals surface area contributed by atoms with Crippen molar-refractivity contribution in [2.75, 3.05) is 5.88 Å². The van der Waals surface area contributed by atoms with Crippen molar-refractivity contribution in [1.29, 1.82) is 0 Å². The molecule has 0 radical (unpaired) electrons. The van der Waals surface area contributed by atoms with E-state index in [9.17, 15) is 0 Å². The summed E-state index contributed by atoms with van der Waals surface area (Å²) >= 11 is 24.4. The van der Waals surface area contributed by atoms with Crippen LogP contribution in [0.25, 0.3) is 0 Å². The Morgan fingerprint density at radius 2 is 1.44 bits per heavy atom. The van der Waals surface area contributed by atoms with Crippen molar-refractivity contribution in [2.24, 2.45) is 22.7 Å². The quantitative estimate of drug-likeness (QED) is 0.616. The number of rotatable bonds is 2. The molecule has 4 aliphatic carbocycles. The molecule has 0 heterocycles. The Hall–Kier alpha value is 1.16. The molecule has 4 aliphatic rings. The lowest BCUT2D eigenvalue weighted by atomic mass is 9.67. The molecule has 0 N–H and O–H groups in total. The molecule has 2 atom stereocenters. The fourth-order valence-electron chi connectivity index (χ4n) is 5.16. The van der Waals surface area contributed by atoms with Gasteiger partial charge < -0.3 is 0 Å². The lowest BCUT2D eigenvalue weighted by Gasteiger charge is -2.41. The monoisotopic (exact) mass is 300 g/mol. The zero-order chi connectivity index (χ0) is 11.6. The van der Waals surface area contributed by atoms with Crippen molar-refractivity contribution in [3.8, 4) is 0 Å². The first-order chi connectivity index (χ1) is 7.38. The molecule has 0 nitrogen and oxygen atoms in total. The molecular weight excluding hydrogens is 286 g/mol. The average Bonchev–Trinajstić information content (AvgIpc) is 2.43. The predicted molar refractivity (Wildman–Crippen MR) is 70.6 cm³/mol. The molecule has 0 aromatic heterocycles. The molecule has 0 saturated heterocycles. The highest BCUT2D eigenvalue weighted by atomic mass is 35.6. The van der Waals surface area contributed by atoms with E-state index in [4.69, 9.17) is 46.4 Å². The lowest BCUT2D eigenvalue weighted by Crippen LogP contribution is -2.37. The smallest absolute Gasteiger partial charge is 0.126 e. The van der Waals surface area contributed by atoms with E-state index in [-0.39, 0.29) is 10.8 Å². The summed E-state index contributed by atoms with van der Waals surface area (Å²) in [6, 6.07) is 0. The largest absolute Gasteiger partial charge is 0.191 e. The van der Waals surface area contributed by atoms with E-state index in [0.717, 1.165) is 17.7 Å². The van der Waals surface area contributed by atoms with Crippen LogP contribution in [0.5, 0.6) is 0 Å². The highest BCUT2D eigenvalue weighted by Crippen LogP contribution is 2.75. The fraction of sp³-hybridized carbons (Fsp3) is 1.00. The third kappa shape index (κ3) is 1.63. The highest BCUT2D eigenvalue weighted by Gasteiger charge is 2.67. The van der Waals surface area contributed by atoms with E-state index >= 15 is 0 Å². The Balaban J connectivity index is 1.94. The Labute approximate surface area is 117 Å². The van der Waals surface area contributed by atoms with Gasteiger partial charge in [-0.2, -0.15) is 0 Å². The summed E-state index contributed by atoms with van der Waals surface area (Å²) in [5.41, 5.74) is 0.514. The summed E-state index contributed by atoms with van der Waals surface area (Å²) in [6.07, 6.45) is 7.11. The topological polar surface area (TPSA) is 0 Å². The Morgan fingerprint density at radius 1 is 0.938 bits per heavy atom. The molecule has 0 aromatic carbocycles. The van der Waals surface area contributed by atoms with E-state index < -0.39 is 3.79 Å². The SMILES string of the molecule is ClCC12CC3CC(C1)CC2(CC(Cl)(Cl)Cl)C3. The first kappa shape index (κ1) is 12.2. The van der Waals surface area contributed by atoms with Gasteiger partial charge in [0.2, 0.25) is 0 Å². The fourth-order valence-corrected chi connectivity index (χ4v) is 6.43. The number of halogens is 4. The van der Waals surface area contributed by atoms with Crippen molar-refractivity contribution in [1.82, 2.24) is 0 Å². The molecule has 0 aromatic rings. The molecule has 0 amide bonds. The number of hydrogen-bond donors (Lipinski definition) is 0. The molecular formula is C12H16Cl4. The zero-order valence-electron chi connectivity index (χ0n) is 9.12. The van der Waals surface area contributed by atoms with E-state index in [1.54, 1.807) is 0 Å². The maximum atomic E-state index is 6.27. The van der Waals surface area contributed by atoms with Crippen molar-refractivity contribution in [2.45, 2.75) is 42.3 Å². The molecule has 0 aliphatic heterocycles. The van der Waals surface area contributed by atoms with Gasteiger partial charge in [0.25, 0.3) is 0 Å². The summed E-state index contributed by atoms with van der Waals surface area (Å²) in [6.45, 7) is 0. The minimum absolute atomic E-state index is 0.230. The van der Waals surface area contributed by atoms with Gasteiger partial charge in [-0.25, -0.2) is 0 Å². The van der Waals surface area contributed by atoms with Crippen molar-refractivity contribution < 1.29 is 0 Å². The third-order valence-corrected chi connectivity index (χ3v) is 6.22. The van der Waals surface area contributed by atoms with Gasteiger partial charge in [0.1, 0.15) is 0 Å². The van der Waals surface area contributed by atoms with Gasteiger partial charge in [-0.1, -0.05) is 34.8 Å². The molecule has 4 saturated carbocycles. The van der Waals surface area contributed by atoms with Crippen LogP contribution in [0.4, 0.5) is 0 Å². The van der Waals surface area contributed by atoms with Gasteiger partial charge in [-0.05, 0) is 54.8 Å². The second-order valence-electron chi connectivity index (χ2n) is 6.27. The minimum atomic E-state index is -1.11. The lowest BCUT2D eigenvalue weighted by molar-refractivity contribution is 0.124. The van der Waals surface area contributed by atoms with E-state index in [1.165, 1.54) is 32.1 Å². The zero-order valence-corrected chi connectivity index (χ0v) is 12.1. The summed E-state index contributed by atoms with van der Waals surface area (Å²) in [5.74, 6) is 2.44. The molecule has 2 unspecified atom stereocenters. The van der Waals surface area contributed by atoms with Crippen LogP contribution in [-0.4, -0.2) is 9.67 Å². The van der Waals surface area contributed by atoms with Crippen molar-refractivity contribution >= 4 is 46.4 Å². The maximum Gasteiger partial charge on any atom is 0.191 e. The predicted octanol–water partition coefficient (Wildman–Crippen LogP) is 5.18. The summed E-state index contributed by atoms with van der Waals surface area (Å²) in [7, 11) is 0. The third-order valence-electron chi connectivity index (χ3n) is 5.30. The van der Waals surface area contributed by atoms with Crippen LogP contribution in [0.3, 0.4) is 0 Å². The van der Waals surface area contributed by atoms with Crippen LogP contribution in [0.15, 0.2) is 0 Å². The molecule has 4 heteroatoms. The summed E-state index contributed by atoms with van der Waals surface area (Å²) in [4.78, 5) is 0. The average molecular weight is 302 g/mol. The number of alkyl halides is 4. The van der Waals surface area contributed by atoms with E-state index in [2.05, 4.69) is 0 Å². The van der Waals surface area contributed by atoms with Gasteiger partial charge in [0, 0.05) is 12.3 Å². The standard InChI is InChI=1S/C12H16Cl4/c13-7-11-4-8-1-9(5-11)3-10(11,2-8)6-12(14,15)16/h8-9H,1-7H2. The number of hydrogen-bond acceptors (Lipinski definition) is 0. The van der Waals surface area contributed by atoms with Crippen LogP contribution >= 0.6 is 46.4 Å². The first-order valence-corrected chi connectivity index (χ1v) is 7.68. The normalized spacial score (nSPS) is 50.2. The van der Waals surface area contributed by atoms with E-state index in [1.807, 2.05) is 0 Å². The summed E-state index contributed by atoms with van der Waals surface area (Å²) < 4.78 is -1.11. The van der Waals surface area contributed by atoms with E-state index in [0.29, 0.717) is 6.42 Å². The molecule has 0 spiro atoms. The molecule has 16 heavy (non-hydrogen) atoms. The van der Waals surface area contributed by atoms with Gasteiger partial charge in [-0.15, -0.1) is 11.6 Å². The Bertz CT molecular complexity index is 293. The van der Waals surface area contributed by atoms with Gasteiger partial charge >= 0.3 is 0 Å². The van der Waals surface area contributed by atoms with Crippen LogP contribution < -0.4 is 0 Å². The second-order valence-corrected chi connectivity index (χ2v) is 9.05. The molecule has 92 valence electrons. The molecule has 4 rings (SSSR count). The summed E-state index contributed by atoms with van der Waals surface area (Å²) in [5, 5.41) is 0. The Kier molecular flexibility index (Phi) is 2.74. The van der Waals surface area contributed by atoms with Gasteiger partial charge in [0.15, 0.2) is 3.79 Å². The van der Waals surface area contributed by atoms with Crippen LogP contribution in [0.2, 0.25) is 0 Å². The molecule has 4 bridgehead atoms.